The maximum atomic E-state index is 13.3. The van der Waals surface area contributed by atoms with Gasteiger partial charge in [0.05, 0.1) is 22.9 Å². The third-order valence-corrected chi connectivity index (χ3v) is 8.01. The maximum absolute atomic E-state index is 13.3. The molecule has 1 atom stereocenters. The molecule has 5 amide bonds. The van der Waals surface area contributed by atoms with Crippen LogP contribution >= 0.6 is 0 Å². The summed E-state index contributed by atoms with van der Waals surface area (Å²) in [6.45, 7) is 16.0. The Morgan fingerprint density at radius 2 is 1.81 bits per heavy atom. The molecule has 13 heteroatoms. The number of nitrogens with one attached hydrogen (secondary N) is 5. The van der Waals surface area contributed by atoms with Crippen molar-refractivity contribution >= 4 is 58.5 Å². The Labute approximate surface area is 273 Å². The van der Waals surface area contributed by atoms with Gasteiger partial charge in [0.2, 0.25) is 5.91 Å². The minimum absolute atomic E-state index is 0.172. The van der Waals surface area contributed by atoms with Crippen LogP contribution in [0.2, 0.25) is 0 Å². The lowest BCUT2D eigenvalue weighted by molar-refractivity contribution is -0.121. The van der Waals surface area contributed by atoms with Crippen LogP contribution < -0.4 is 21.3 Å². The molecule has 3 aromatic rings. The van der Waals surface area contributed by atoms with Gasteiger partial charge in [-0.25, -0.2) is 9.59 Å². The van der Waals surface area contributed by atoms with E-state index in [1.165, 1.54) is 0 Å². The summed E-state index contributed by atoms with van der Waals surface area (Å²) in [4.78, 5) is 56.4. The molecule has 0 bridgehead atoms. The third-order valence-electron chi connectivity index (χ3n) is 8.01. The van der Waals surface area contributed by atoms with Crippen LogP contribution in [0, 0.1) is 19.8 Å². The van der Waals surface area contributed by atoms with E-state index in [4.69, 9.17) is 9.26 Å². The Hall–Kier alpha value is -5.07. The molecule has 13 nitrogen and oxygen atoms in total. The molecule has 5 N–H and O–H groups in total. The first-order chi connectivity index (χ1) is 22.0. The van der Waals surface area contributed by atoms with Crippen molar-refractivity contribution in [1.29, 1.82) is 0 Å². The summed E-state index contributed by atoms with van der Waals surface area (Å²) in [5, 5.41) is 15.2. The van der Waals surface area contributed by atoms with Gasteiger partial charge in [-0.1, -0.05) is 32.0 Å². The molecule has 0 aliphatic carbocycles. The van der Waals surface area contributed by atoms with Crippen molar-refractivity contribution in [2.24, 2.45) is 5.92 Å². The van der Waals surface area contributed by atoms with Gasteiger partial charge in [0.15, 0.2) is 5.82 Å². The van der Waals surface area contributed by atoms with E-state index in [0.29, 0.717) is 64.9 Å². The largest absolute Gasteiger partial charge is 0.444 e. The molecular weight excluding hydrogens is 602 g/mol. The van der Waals surface area contributed by atoms with Crippen LogP contribution in [0.4, 0.5) is 32.5 Å². The number of aryl methyl sites for hydroxylation is 1. The van der Waals surface area contributed by atoms with Gasteiger partial charge in [-0.2, -0.15) is 0 Å². The number of carbonyl (C=O) groups is 4. The molecule has 0 saturated carbocycles. The van der Waals surface area contributed by atoms with Crippen LogP contribution in [0.1, 0.15) is 82.7 Å². The number of carbonyl (C=O) groups excluding carboxylic acids is 4. The summed E-state index contributed by atoms with van der Waals surface area (Å²) < 4.78 is 10.8. The van der Waals surface area contributed by atoms with E-state index in [0.717, 1.165) is 11.3 Å². The first-order valence-electron chi connectivity index (χ1n) is 15.7. The van der Waals surface area contributed by atoms with Gasteiger partial charge < -0.3 is 35.1 Å². The van der Waals surface area contributed by atoms with E-state index in [1.54, 1.807) is 35.2 Å². The number of piperidine rings is 1. The molecule has 2 aliphatic rings. The summed E-state index contributed by atoms with van der Waals surface area (Å²) >= 11 is 0. The number of fused-ring (bicyclic) bond motifs is 1. The number of aromatic amines is 1. The zero-order valence-corrected chi connectivity index (χ0v) is 28.1. The Kier molecular flexibility index (Phi) is 8.94. The minimum atomic E-state index is -0.612. The number of hydrogen-bond donors (Lipinski definition) is 5. The number of aromatic nitrogens is 2. The number of amides is 5. The van der Waals surface area contributed by atoms with E-state index in [2.05, 4.69) is 31.4 Å². The fourth-order valence-electron chi connectivity index (χ4n) is 5.54. The second-order valence-electron chi connectivity index (χ2n) is 14.1. The second-order valence-corrected chi connectivity index (χ2v) is 14.1. The van der Waals surface area contributed by atoms with Crippen LogP contribution in [0.5, 0.6) is 0 Å². The van der Waals surface area contributed by atoms with Crippen molar-refractivity contribution in [3.05, 3.63) is 52.5 Å². The number of hydrogen-bond acceptors (Lipinski definition) is 7. The molecule has 0 spiro atoms. The Morgan fingerprint density at radius 1 is 1.06 bits per heavy atom. The number of H-pyrrole nitrogens is 1. The second kappa shape index (κ2) is 12.6. The van der Waals surface area contributed by atoms with E-state index in [9.17, 15) is 19.2 Å². The van der Waals surface area contributed by atoms with Crippen molar-refractivity contribution < 1.29 is 28.4 Å². The van der Waals surface area contributed by atoms with Crippen LogP contribution in [-0.2, 0) is 19.7 Å². The molecule has 0 radical (unpaired) electrons. The van der Waals surface area contributed by atoms with Crippen molar-refractivity contribution in [1.82, 2.24) is 15.0 Å². The molecule has 1 saturated heterocycles. The van der Waals surface area contributed by atoms with Gasteiger partial charge in [-0.15, -0.1) is 0 Å². The molecule has 1 fully saturated rings. The van der Waals surface area contributed by atoms with Crippen molar-refractivity contribution in [3.63, 3.8) is 0 Å². The highest BCUT2D eigenvalue weighted by atomic mass is 16.6. The molecule has 1 aromatic carbocycles. The number of ether oxygens (including phenoxy) is 1. The zero-order valence-electron chi connectivity index (χ0n) is 28.1. The molecular formula is C34H43N7O6. The Morgan fingerprint density at radius 3 is 2.49 bits per heavy atom. The third kappa shape index (κ3) is 7.67. The Bertz CT molecular complexity index is 1750. The monoisotopic (exact) mass is 645 g/mol. The van der Waals surface area contributed by atoms with Crippen LogP contribution in [-0.4, -0.2) is 57.7 Å². The summed E-state index contributed by atoms with van der Waals surface area (Å²) in [5.74, 6) is 0.0986. The molecule has 5 rings (SSSR count). The smallest absolute Gasteiger partial charge is 0.410 e. The predicted octanol–water partition coefficient (Wildman–Crippen LogP) is 6.64. The summed E-state index contributed by atoms with van der Waals surface area (Å²) in [6, 6.07) is 6.32. The van der Waals surface area contributed by atoms with Crippen LogP contribution in [0.15, 0.2) is 28.8 Å². The van der Waals surface area contributed by atoms with Gasteiger partial charge in [0.1, 0.15) is 11.4 Å². The first kappa shape index (κ1) is 33.3. The number of nitrogens with zero attached hydrogens (tertiary/aromatic N) is 2. The number of benzene rings is 1. The average Bonchev–Trinajstić information content (AvgIpc) is 3.64. The number of rotatable bonds is 5. The molecule has 250 valence electrons. The molecule has 47 heavy (non-hydrogen) atoms. The fraction of sp³-hybridized carbons (Fsp3) is 0.441. The van der Waals surface area contributed by atoms with Gasteiger partial charge in [0.25, 0.3) is 5.91 Å². The highest BCUT2D eigenvalue weighted by molar-refractivity contribution is 6.35. The van der Waals surface area contributed by atoms with E-state index < -0.39 is 17.7 Å². The average molecular weight is 646 g/mol. The van der Waals surface area contributed by atoms with E-state index in [-0.39, 0.29) is 29.7 Å². The lowest BCUT2D eigenvalue weighted by atomic mass is 9.93. The first-order valence-corrected chi connectivity index (χ1v) is 15.7. The van der Waals surface area contributed by atoms with Crippen molar-refractivity contribution in [3.8, 4) is 0 Å². The molecule has 4 heterocycles. The van der Waals surface area contributed by atoms with Gasteiger partial charge in [0, 0.05) is 47.2 Å². The predicted molar refractivity (Wildman–Crippen MR) is 180 cm³/mol. The van der Waals surface area contributed by atoms with E-state index >= 15 is 0 Å². The normalized spacial score (nSPS) is 17.3. The number of anilines is 4. The topological polar surface area (TPSA) is 171 Å². The number of likely N-dealkylation sites (tertiary alicyclic amines) is 1. The van der Waals surface area contributed by atoms with Gasteiger partial charge >= 0.3 is 12.1 Å². The van der Waals surface area contributed by atoms with Crippen molar-refractivity contribution in [2.75, 3.05) is 34.4 Å². The van der Waals surface area contributed by atoms with Crippen LogP contribution in [0.25, 0.3) is 11.6 Å². The number of urea groups is 1. The molecule has 1 unspecified atom stereocenters. The van der Waals surface area contributed by atoms with Crippen LogP contribution in [0.3, 0.4) is 0 Å². The minimum Gasteiger partial charge on any atom is -0.444 e. The lowest BCUT2D eigenvalue weighted by Crippen LogP contribution is -2.45. The summed E-state index contributed by atoms with van der Waals surface area (Å²) in [5.41, 5.74) is 4.13. The van der Waals surface area contributed by atoms with Crippen molar-refractivity contribution in [2.45, 2.75) is 79.2 Å². The Balaban J connectivity index is 1.26. The molecule has 2 aliphatic heterocycles. The van der Waals surface area contributed by atoms with Gasteiger partial charge in [-0.3, -0.25) is 14.9 Å². The standard InChI is InChI=1S/C34H43N7O6/c1-18-24(35-19(2)28(18)39-29(42)20-10-9-13-41(17-20)32(45)46-34(6,7)8)15-23-22-12-11-21(14-25(22)37-30(23)43)36-31(44)38-27-16-26(47-40-27)33(3,4)5/h11-12,14-16,20,35H,9-10,13,17H2,1-8H3,(H,37,43)(H,39,42)(H2,36,38,40,44)/b23-15-. The summed E-state index contributed by atoms with van der Waals surface area (Å²) in [7, 11) is 0. The summed E-state index contributed by atoms with van der Waals surface area (Å²) in [6.07, 6.45) is 2.70. The quantitative estimate of drug-likeness (QED) is 0.194. The van der Waals surface area contributed by atoms with Gasteiger partial charge in [-0.05, 0) is 71.2 Å². The molecule has 2 aromatic heterocycles. The highest BCUT2D eigenvalue weighted by Gasteiger charge is 2.32. The fourth-order valence-corrected chi connectivity index (χ4v) is 5.54. The SMILES string of the molecule is Cc1[nH]c(/C=C2\C(=O)Nc3cc(NC(=O)Nc4cc(C(C)(C)C)on4)ccc32)c(C)c1NC(=O)C1CCCN(C(=O)OC(C)(C)C)C1. The lowest BCUT2D eigenvalue weighted by Gasteiger charge is -2.33. The maximum Gasteiger partial charge on any atom is 0.410 e. The van der Waals surface area contributed by atoms with E-state index in [1.807, 2.05) is 55.4 Å². The zero-order chi connectivity index (χ0) is 34.3. The highest BCUT2D eigenvalue weighted by Crippen LogP contribution is 2.37.